The molecule has 0 aliphatic heterocycles. The van der Waals surface area contributed by atoms with Crippen molar-refractivity contribution in [2.45, 2.75) is 66.2 Å². The van der Waals surface area contributed by atoms with Crippen LogP contribution in [0.15, 0.2) is 60.5 Å². The number of aromatic nitrogens is 3. The summed E-state index contributed by atoms with van der Waals surface area (Å²) in [6.07, 6.45) is 12.4. The Balaban J connectivity index is 0.000000379. The lowest BCUT2D eigenvalue weighted by atomic mass is 9.97. The van der Waals surface area contributed by atoms with E-state index in [0.29, 0.717) is 34.5 Å². The number of carbonyl (C=O) groups is 2. The number of hydrogen-bond acceptors (Lipinski definition) is 5. The van der Waals surface area contributed by atoms with Crippen molar-refractivity contribution < 1.29 is 9.59 Å². The largest absolute Gasteiger partial charge is 0.351 e. The zero-order valence-electron chi connectivity index (χ0n) is 23.7. The van der Waals surface area contributed by atoms with Crippen LogP contribution in [-0.4, -0.2) is 40.7 Å². The fourth-order valence-electron chi connectivity index (χ4n) is 3.64. The minimum Gasteiger partial charge on any atom is -0.351 e. The van der Waals surface area contributed by atoms with Crippen LogP contribution in [0.3, 0.4) is 0 Å². The molecule has 3 aromatic rings. The van der Waals surface area contributed by atoms with Gasteiger partial charge in [-0.1, -0.05) is 76.6 Å². The molecular weight excluding hydrogens is 474 g/mol. The number of aromatic amines is 1. The molecule has 0 bridgehead atoms. The smallest absolute Gasteiger partial charge is 0.255 e. The summed E-state index contributed by atoms with van der Waals surface area (Å²) in [6, 6.07) is 10.8. The first kappa shape index (κ1) is 30.6. The fraction of sp³-hybridized carbons (Fsp3) is 0.419. The van der Waals surface area contributed by atoms with Crippen LogP contribution in [0.2, 0.25) is 0 Å². The van der Waals surface area contributed by atoms with E-state index in [1.54, 1.807) is 25.4 Å². The molecule has 204 valence electrons. The molecule has 1 aliphatic rings. The third-order valence-corrected chi connectivity index (χ3v) is 5.83. The summed E-state index contributed by atoms with van der Waals surface area (Å²) < 4.78 is 0. The Kier molecular flexibility index (Phi) is 12.1. The highest BCUT2D eigenvalue weighted by Crippen LogP contribution is 2.39. The zero-order valence-corrected chi connectivity index (χ0v) is 23.7. The van der Waals surface area contributed by atoms with E-state index in [2.05, 4.69) is 84.0 Å². The number of allylic oxidation sites excluding steroid dienone is 4. The molecule has 1 aromatic carbocycles. The molecule has 0 unspecified atom stereocenters. The monoisotopic (exact) mass is 517 g/mol. The van der Waals surface area contributed by atoms with Gasteiger partial charge >= 0.3 is 0 Å². The summed E-state index contributed by atoms with van der Waals surface area (Å²) in [6.45, 7) is 10.6. The first-order valence-electron chi connectivity index (χ1n) is 13.3. The van der Waals surface area contributed by atoms with Gasteiger partial charge in [0, 0.05) is 12.7 Å². The number of nitrogens with two attached hydrogens (primary N) is 1. The Labute approximate surface area is 227 Å². The average Bonchev–Trinajstić information content (AvgIpc) is 3.70. The summed E-state index contributed by atoms with van der Waals surface area (Å²) in [5.41, 5.74) is 9.97. The Morgan fingerprint density at radius 3 is 2.42 bits per heavy atom. The summed E-state index contributed by atoms with van der Waals surface area (Å²) >= 11 is 0. The molecular formula is C31H43N5O2. The molecule has 7 nitrogen and oxygen atoms in total. The second-order valence-corrected chi connectivity index (χ2v) is 10.6. The van der Waals surface area contributed by atoms with Gasteiger partial charge in [-0.3, -0.25) is 9.59 Å². The van der Waals surface area contributed by atoms with Gasteiger partial charge in [0.15, 0.2) is 5.65 Å². The van der Waals surface area contributed by atoms with Crippen LogP contribution in [0.5, 0.6) is 0 Å². The van der Waals surface area contributed by atoms with E-state index in [1.807, 2.05) is 6.08 Å². The maximum Gasteiger partial charge on any atom is 0.255 e. The van der Waals surface area contributed by atoms with Gasteiger partial charge in [0.2, 0.25) is 0 Å². The molecule has 1 saturated carbocycles. The number of nitrogens with zero attached hydrogens (tertiary/aromatic N) is 2. The van der Waals surface area contributed by atoms with Crippen LogP contribution in [0.25, 0.3) is 16.7 Å². The van der Waals surface area contributed by atoms with E-state index in [1.165, 1.54) is 25.5 Å². The van der Waals surface area contributed by atoms with Crippen LogP contribution in [-0.2, 0) is 4.79 Å². The van der Waals surface area contributed by atoms with Crippen LogP contribution >= 0.6 is 0 Å². The minimum absolute atomic E-state index is 0.00157. The Hall–Kier alpha value is -3.58. The number of fused-ring (bicyclic) bond motifs is 1. The molecule has 1 amide bonds. The molecule has 7 heteroatoms. The zero-order chi connectivity index (χ0) is 28.1. The predicted molar refractivity (Wildman–Crippen MR) is 157 cm³/mol. The van der Waals surface area contributed by atoms with Crippen molar-refractivity contribution in [3.8, 4) is 0 Å². The normalized spacial score (nSPS) is 13.7. The number of rotatable bonds is 8. The van der Waals surface area contributed by atoms with Crippen LogP contribution in [0.4, 0.5) is 0 Å². The topological polar surface area (TPSA) is 114 Å². The number of nitrogens with one attached hydrogen (secondary N) is 2. The first-order valence-corrected chi connectivity index (χ1v) is 13.3. The molecule has 0 atom stereocenters. The number of amides is 1. The van der Waals surface area contributed by atoms with Crippen molar-refractivity contribution in [3.63, 3.8) is 0 Å². The lowest BCUT2D eigenvalue weighted by Gasteiger charge is -2.18. The van der Waals surface area contributed by atoms with Gasteiger partial charge in [0.1, 0.15) is 11.8 Å². The van der Waals surface area contributed by atoms with E-state index in [9.17, 15) is 9.59 Å². The number of aldehydes is 1. The van der Waals surface area contributed by atoms with Crippen molar-refractivity contribution in [2.24, 2.45) is 11.1 Å². The molecule has 0 saturated heterocycles. The van der Waals surface area contributed by atoms with Crippen LogP contribution in [0, 0.1) is 5.41 Å². The van der Waals surface area contributed by atoms with Crippen LogP contribution in [0.1, 0.15) is 87.8 Å². The maximum atomic E-state index is 12.6. The molecule has 4 rings (SSSR count). The quantitative estimate of drug-likeness (QED) is 0.187. The highest BCUT2D eigenvalue weighted by Gasteiger charge is 2.22. The standard InChI is InChI=1S/C21H28N4O2.C9H10.CH5N/c1-6-7-15(9-8-14(2)12-26)17-11-23-19-18(25-17)16(10-22-19)20(27)24-13-21(3,4)5;1-2-4-8(5-3-1)9-6-7-9;1-2/h8-12H,6-7,13H2,1-5H3,(H,22,23)(H,24,27);1-5,9H,6-7H2;2H2,1H3/b14-8+,15-9+;;. The van der Waals surface area contributed by atoms with Gasteiger partial charge in [-0.15, -0.1) is 0 Å². The van der Waals surface area contributed by atoms with Crippen molar-refractivity contribution >= 4 is 28.9 Å². The van der Waals surface area contributed by atoms with Gasteiger partial charge in [-0.2, -0.15) is 0 Å². The number of benzene rings is 1. The second-order valence-electron chi connectivity index (χ2n) is 10.6. The van der Waals surface area contributed by atoms with E-state index < -0.39 is 0 Å². The van der Waals surface area contributed by atoms with Gasteiger partial charge in [0.25, 0.3) is 5.91 Å². The highest BCUT2D eigenvalue weighted by molar-refractivity contribution is 6.04. The Morgan fingerprint density at radius 2 is 1.84 bits per heavy atom. The van der Waals surface area contributed by atoms with E-state index in [0.717, 1.165) is 30.6 Å². The third kappa shape index (κ3) is 9.71. The van der Waals surface area contributed by atoms with Crippen molar-refractivity contribution in [2.75, 3.05) is 13.6 Å². The molecule has 0 spiro atoms. The fourth-order valence-corrected chi connectivity index (χ4v) is 3.64. The van der Waals surface area contributed by atoms with Gasteiger partial charge in [-0.25, -0.2) is 9.97 Å². The summed E-state index contributed by atoms with van der Waals surface area (Å²) in [5, 5.41) is 2.95. The second kappa shape index (κ2) is 15.0. The Morgan fingerprint density at radius 1 is 1.16 bits per heavy atom. The van der Waals surface area contributed by atoms with Crippen molar-refractivity contribution in [1.29, 1.82) is 0 Å². The minimum atomic E-state index is -0.166. The first-order chi connectivity index (χ1) is 18.2. The maximum absolute atomic E-state index is 12.6. The van der Waals surface area contributed by atoms with Crippen LogP contribution < -0.4 is 11.1 Å². The molecule has 38 heavy (non-hydrogen) atoms. The van der Waals surface area contributed by atoms with E-state index in [-0.39, 0.29) is 11.3 Å². The third-order valence-electron chi connectivity index (χ3n) is 5.83. The summed E-state index contributed by atoms with van der Waals surface area (Å²) in [7, 11) is 1.50. The lowest BCUT2D eigenvalue weighted by Crippen LogP contribution is -2.32. The molecule has 1 aliphatic carbocycles. The molecule has 0 radical (unpaired) electrons. The number of carbonyl (C=O) groups excluding carboxylic acids is 2. The van der Waals surface area contributed by atoms with Gasteiger partial charge in [0.05, 0.1) is 17.5 Å². The van der Waals surface area contributed by atoms with Gasteiger partial charge in [-0.05, 0) is 61.3 Å². The summed E-state index contributed by atoms with van der Waals surface area (Å²) in [5.74, 6) is 0.742. The van der Waals surface area contributed by atoms with E-state index >= 15 is 0 Å². The average molecular weight is 518 g/mol. The number of H-pyrrole nitrogens is 1. The SMILES string of the molecule is CCC/C(=C\C=C(/C)C=O)c1cnc2[nH]cc(C(=O)NCC(C)(C)C)c2n1.CN.c1ccc(C2CC2)cc1. The Bertz CT molecular complexity index is 1230. The highest BCUT2D eigenvalue weighted by atomic mass is 16.1. The van der Waals surface area contributed by atoms with Crippen molar-refractivity contribution in [3.05, 3.63) is 77.3 Å². The molecule has 2 heterocycles. The molecule has 1 fully saturated rings. The predicted octanol–water partition coefficient (Wildman–Crippen LogP) is 6.20. The van der Waals surface area contributed by atoms with Gasteiger partial charge < -0.3 is 16.0 Å². The number of hydrogen-bond donors (Lipinski definition) is 3. The van der Waals surface area contributed by atoms with Crippen molar-refractivity contribution in [1.82, 2.24) is 20.3 Å². The molecule has 4 N–H and O–H groups in total. The summed E-state index contributed by atoms with van der Waals surface area (Å²) in [4.78, 5) is 35.5. The molecule has 2 aromatic heterocycles. The van der Waals surface area contributed by atoms with E-state index in [4.69, 9.17) is 0 Å². The lowest BCUT2D eigenvalue weighted by molar-refractivity contribution is -0.104.